The fourth-order valence-corrected chi connectivity index (χ4v) is 2.23. The average Bonchev–Trinajstić information content (AvgIpc) is 2.69. The van der Waals surface area contributed by atoms with Crippen molar-refractivity contribution in [3.8, 4) is 0 Å². The number of benzene rings is 1. The van der Waals surface area contributed by atoms with Gasteiger partial charge in [-0.25, -0.2) is 15.0 Å². The number of aryl methyl sites for hydroxylation is 2. The smallest absolute Gasteiger partial charge is 0.201 e. The van der Waals surface area contributed by atoms with Crippen molar-refractivity contribution >= 4 is 17.0 Å². The van der Waals surface area contributed by atoms with E-state index in [4.69, 9.17) is 5.73 Å². The zero-order valence-electron chi connectivity index (χ0n) is 11.0. The fraction of sp³-hybridized carbons (Fsp3) is 0.214. The maximum atomic E-state index is 6.02. The molecule has 1 aromatic carbocycles. The molecule has 5 heteroatoms. The molecule has 19 heavy (non-hydrogen) atoms. The average molecular weight is 253 g/mol. The lowest BCUT2D eigenvalue weighted by Gasteiger charge is -2.06. The van der Waals surface area contributed by atoms with E-state index in [1.807, 2.05) is 42.7 Å². The van der Waals surface area contributed by atoms with Gasteiger partial charge >= 0.3 is 0 Å². The Morgan fingerprint density at radius 2 is 2.00 bits per heavy atom. The number of hydrogen-bond donors (Lipinski definition) is 1. The van der Waals surface area contributed by atoms with Crippen molar-refractivity contribution in [2.45, 2.75) is 20.4 Å². The van der Waals surface area contributed by atoms with Gasteiger partial charge < -0.3 is 10.3 Å². The van der Waals surface area contributed by atoms with Gasteiger partial charge in [-0.2, -0.15) is 0 Å². The van der Waals surface area contributed by atoms with Crippen LogP contribution in [-0.2, 0) is 6.54 Å². The van der Waals surface area contributed by atoms with E-state index < -0.39 is 0 Å². The number of nitrogens with two attached hydrogens (primary N) is 1. The van der Waals surface area contributed by atoms with Crippen molar-refractivity contribution in [1.82, 2.24) is 19.5 Å². The third-order valence-electron chi connectivity index (χ3n) is 3.16. The summed E-state index contributed by atoms with van der Waals surface area (Å²) in [5, 5.41) is 0. The van der Waals surface area contributed by atoms with Gasteiger partial charge in [-0.15, -0.1) is 0 Å². The van der Waals surface area contributed by atoms with Crippen molar-refractivity contribution in [3.63, 3.8) is 0 Å². The van der Waals surface area contributed by atoms with Crippen LogP contribution in [0.25, 0.3) is 11.0 Å². The molecule has 2 N–H and O–H groups in total. The highest BCUT2D eigenvalue weighted by atomic mass is 15.2. The first-order chi connectivity index (χ1) is 9.15. The second-order valence-corrected chi connectivity index (χ2v) is 4.59. The second-order valence-electron chi connectivity index (χ2n) is 4.59. The lowest BCUT2D eigenvalue weighted by atomic mass is 10.2. The molecule has 0 saturated carbocycles. The molecule has 2 heterocycles. The molecule has 2 aromatic heterocycles. The van der Waals surface area contributed by atoms with E-state index in [0.717, 1.165) is 28.1 Å². The van der Waals surface area contributed by atoms with Gasteiger partial charge in [0.05, 0.1) is 23.3 Å². The molecule has 0 atom stereocenters. The van der Waals surface area contributed by atoms with Gasteiger partial charge in [-0.3, -0.25) is 0 Å². The Kier molecular flexibility index (Phi) is 2.67. The largest absolute Gasteiger partial charge is 0.369 e. The van der Waals surface area contributed by atoms with Crippen LogP contribution in [0.5, 0.6) is 0 Å². The van der Waals surface area contributed by atoms with E-state index in [0.29, 0.717) is 12.5 Å². The van der Waals surface area contributed by atoms with Gasteiger partial charge in [0.2, 0.25) is 5.95 Å². The van der Waals surface area contributed by atoms with Crippen molar-refractivity contribution in [2.75, 3.05) is 5.73 Å². The molecular weight excluding hydrogens is 238 g/mol. The van der Waals surface area contributed by atoms with Crippen molar-refractivity contribution in [3.05, 3.63) is 47.5 Å². The van der Waals surface area contributed by atoms with Crippen LogP contribution in [0, 0.1) is 13.8 Å². The van der Waals surface area contributed by atoms with Gasteiger partial charge in [0.15, 0.2) is 0 Å². The number of rotatable bonds is 2. The molecule has 0 aliphatic rings. The number of nitrogen functional groups attached to an aromatic ring is 1. The number of imidazole rings is 1. The van der Waals surface area contributed by atoms with Gasteiger partial charge in [-0.1, -0.05) is 12.1 Å². The highest BCUT2D eigenvalue weighted by Crippen LogP contribution is 2.21. The molecule has 0 amide bonds. The monoisotopic (exact) mass is 253 g/mol. The van der Waals surface area contributed by atoms with E-state index in [1.165, 1.54) is 0 Å². The van der Waals surface area contributed by atoms with E-state index in [-0.39, 0.29) is 0 Å². The number of aromatic nitrogens is 4. The summed E-state index contributed by atoms with van der Waals surface area (Å²) in [7, 11) is 0. The first-order valence-corrected chi connectivity index (χ1v) is 6.15. The third-order valence-corrected chi connectivity index (χ3v) is 3.16. The molecule has 0 saturated heterocycles. The normalized spacial score (nSPS) is 11.1. The quantitative estimate of drug-likeness (QED) is 0.759. The van der Waals surface area contributed by atoms with Crippen LogP contribution in [0.15, 0.2) is 30.5 Å². The van der Waals surface area contributed by atoms with Gasteiger partial charge in [0.25, 0.3) is 0 Å². The maximum Gasteiger partial charge on any atom is 0.201 e. The Bertz CT molecular complexity index is 745. The molecule has 3 aromatic rings. The SMILES string of the molecule is Cc1nccc(Cn2c(N)nc3c(C)cccc32)n1. The lowest BCUT2D eigenvalue weighted by molar-refractivity contribution is 0.795. The van der Waals surface area contributed by atoms with Crippen LogP contribution in [0.3, 0.4) is 0 Å². The molecule has 0 aliphatic heterocycles. The molecule has 0 aliphatic carbocycles. The molecule has 0 spiro atoms. The summed E-state index contributed by atoms with van der Waals surface area (Å²) < 4.78 is 1.98. The molecule has 96 valence electrons. The van der Waals surface area contributed by atoms with E-state index in [9.17, 15) is 0 Å². The van der Waals surface area contributed by atoms with Crippen molar-refractivity contribution in [2.24, 2.45) is 0 Å². The topological polar surface area (TPSA) is 69.6 Å². The number of hydrogen-bond acceptors (Lipinski definition) is 4. The van der Waals surface area contributed by atoms with Crippen LogP contribution >= 0.6 is 0 Å². The summed E-state index contributed by atoms with van der Waals surface area (Å²) in [6, 6.07) is 7.97. The summed E-state index contributed by atoms with van der Waals surface area (Å²) in [5.74, 6) is 1.28. The predicted molar refractivity (Wildman–Crippen MR) is 74.8 cm³/mol. The van der Waals surface area contributed by atoms with Crippen LogP contribution in [0.2, 0.25) is 0 Å². The molecule has 0 fully saturated rings. The van der Waals surface area contributed by atoms with Crippen LogP contribution in [0.4, 0.5) is 5.95 Å². The van der Waals surface area contributed by atoms with Gasteiger partial charge in [0, 0.05) is 6.20 Å². The van der Waals surface area contributed by atoms with Crippen LogP contribution in [0.1, 0.15) is 17.1 Å². The summed E-state index contributed by atoms with van der Waals surface area (Å²) in [6.07, 6.45) is 1.76. The zero-order valence-corrected chi connectivity index (χ0v) is 11.0. The number of anilines is 1. The standard InChI is InChI=1S/C14H15N5/c1-9-4-3-5-12-13(9)18-14(15)19(12)8-11-6-7-16-10(2)17-11/h3-7H,8H2,1-2H3,(H2,15,18). The lowest BCUT2D eigenvalue weighted by Crippen LogP contribution is -2.06. The first-order valence-electron chi connectivity index (χ1n) is 6.15. The van der Waals surface area contributed by atoms with Gasteiger partial charge in [-0.05, 0) is 31.5 Å². The highest BCUT2D eigenvalue weighted by Gasteiger charge is 2.10. The maximum absolute atomic E-state index is 6.02. The van der Waals surface area contributed by atoms with E-state index >= 15 is 0 Å². The molecular formula is C14H15N5. The Morgan fingerprint density at radius 1 is 1.16 bits per heavy atom. The Hall–Kier alpha value is -2.43. The van der Waals surface area contributed by atoms with Crippen LogP contribution < -0.4 is 5.73 Å². The van der Waals surface area contributed by atoms with E-state index in [1.54, 1.807) is 6.20 Å². The predicted octanol–water partition coefficient (Wildman–Crippen LogP) is 2.07. The van der Waals surface area contributed by atoms with Gasteiger partial charge in [0.1, 0.15) is 5.82 Å². The van der Waals surface area contributed by atoms with E-state index in [2.05, 4.69) is 15.0 Å². The third kappa shape index (κ3) is 2.03. The highest BCUT2D eigenvalue weighted by molar-refractivity contribution is 5.81. The second kappa shape index (κ2) is 4.35. The fourth-order valence-electron chi connectivity index (χ4n) is 2.23. The summed E-state index contributed by atoms with van der Waals surface area (Å²) >= 11 is 0. The number of nitrogens with zero attached hydrogens (tertiary/aromatic N) is 4. The minimum atomic E-state index is 0.514. The van der Waals surface area contributed by atoms with Crippen molar-refractivity contribution < 1.29 is 0 Å². The van der Waals surface area contributed by atoms with Crippen LogP contribution in [-0.4, -0.2) is 19.5 Å². The first kappa shape index (κ1) is 11.6. The zero-order chi connectivity index (χ0) is 13.4. The molecule has 5 nitrogen and oxygen atoms in total. The minimum absolute atomic E-state index is 0.514. The molecule has 0 unspecified atom stereocenters. The number of para-hydroxylation sites is 1. The Balaban J connectivity index is 2.10. The summed E-state index contributed by atoms with van der Waals surface area (Å²) in [4.78, 5) is 12.9. The summed E-state index contributed by atoms with van der Waals surface area (Å²) in [6.45, 7) is 4.52. The molecule has 0 radical (unpaired) electrons. The molecule has 3 rings (SSSR count). The Labute approximate surface area is 111 Å². The minimum Gasteiger partial charge on any atom is -0.369 e. The Morgan fingerprint density at radius 3 is 2.79 bits per heavy atom. The summed E-state index contributed by atoms with van der Waals surface area (Å²) in [5.41, 5.74) is 10.1. The number of fused-ring (bicyclic) bond motifs is 1. The molecule has 0 bridgehead atoms. The van der Waals surface area contributed by atoms with Crippen molar-refractivity contribution in [1.29, 1.82) is 0 Å².